The van der Waals surface area contributed by atoms with E-state index in [1.165, 1.54) is 0 Å². The zero-order valence-corrected chi connectivity index (χ0v) is 13.2. The summed E-state index contributed by atoms with van der Waals surface area (Å²) in [5.74, 6) is 0.247. The molecule has 1 aromatic heterocycles. The van der Waals surface area contributed by atoms with Gasteiger partial charge in [0, 0.05) is 31.3 Å². The lowest BCUT2D eigenvalue weighted by atomic mass is 9.96. The summed E-state index contributed by atoms with van der Waals surface area (Å²) in [6.07, 6.45) is 3.22. The van der Waals surface area contributed by atoms with Gasteiger partial charge in [0.05, 0.1) is 22.9 Å². The van der Waals surface area contributed by atoms with E-state index in [2.05, 4.69) is 11.2 Å². The first kappa shape index (κ1) is 15.7. The maximum absolute atomic E-state index is 10.5. The summed E-state index contributed by atoms with van der Waals surface area (Å²) in [4.78, 5) is 0. The molecule has 0 radical (unpaired) electrons. The summed E-state index contributed by atoms with van der Waals surface area (Å²) in [5, 5.41) is 33.6. The van der Waals surface area contributed by atoms with Crippen LogP contribution in [0.3, 0.4) is 0 Å². The molecule has 0 unspecified atom stereocenters. The van der Waals surface area contributed by atoms with E-state index in [0.717, 1.165) is 6.42 Å². The first-order chi connectivity index (χ1) is 11.2. The van der Waals surface area contributed by atoms with Gasteiger partial charge in [-0.3, -0.25) is 4.68 Å². The highest BCUT2D eigenvalue weighted by atomic mass is 35.5. The molecule has 0 aliphatic carbocycles. The molecular weight excluding hydrogens is 318 g/mol. The number of aromatic hydroxyl groups is 1. The summed E-state index contributed by atoms with van der Waals surface area (Å²) < 4.78 is 7.59. The van der Waals surface area contributed by atoms with Crippen molar-refractivity contribution in [2.75, 3.05) is 13.2 Å². The van der Waals surface area contributed by atoms with E-state index < -0.39 is 0 Å². The van der Waals surface area contributed by atoms with Crippen LogP contribution in [0, 0.1) is 11.3 Å². The molecule has 0 amide bonds. The standard InChI is InChI=1S/C16H16ClN3O3/c17-14-10(3-1-7-21)15(22)11(9-18)13-12-4-5-19-20(12)6-2-8-23-16(13)14/h4-5,21-22H,1-3,6-8H2. The van der Waals surface area contributed by atoms with Gasteiger partial charge < -0.3 is 14.9 Å². The Kier molecular flexibility index (Phi) is 4.42. The van der Waals surface area contributed by atoms with Gasteiger partial charge in [0.15, 0.2) is 0 Å². The average Bonchev–Trinajstić information content (AvgIpc) is 2.97. The lowest BCUT2D eigenvalue weighted by Gasteiger charge is -2.22. The number of halogens is 1. The minimum atomic E-state index is -0.151. The van der Waals surface area contributed by atoms with Gasteiger partial charge in [0.1, 0.15) is 23.1 Å². The number of ether oxygens (including phenoxy) is 1. The number of aliphatic hydroxyl groups excluding tert-OH is 1. The number of rotatable bonds is 3. The Morgan fingerprint density at radius 1 is 1.48 bits per heavy atom. The van der Waals surface area contributed by atoms with E-state index in [1.54, 1.807) is 16.9 Å². The number of benzene rings is 1. The second-order valence-electron chi connectivity index (χ2n) is 5.30. The van der Waals surface area contributed by atoms with Crippen LogP contribution in [0.25, 0.3) is 11.3 Å². The second-order valence-corrected chi connectivity index (χ2v) is 5.68. The number of fused-ring (bicyclic) bond motifs is 3. The van der Waals surface area contributed by atoms with Crippen molar-refractivity contribution in [1.29, 1.82) is 5.26 Å². The number of aryl methyl sites for hydroxylation is 1. The Balaban J connectivity index is 2.30. The lowest BCUT2D eigenvalue weighted by Crippen LogP contribution is -2.13. The Morgan fingerprint density at radius 3 is 3.04 bits per heavy atom. The van der Waals surface area contributed by atoms with Crippen LogP contribution in [0.15, 0.2) is 12.3 Å². The van der Waals surface area contributed by atoms with Crippen LogP contribution in [-0.2, 0) is 13.0 Å². The fourth-order valence-electron chi connectivity index (χ4n) is 2.82. The summed E-state index contributed by atoms with van der Waals surface area (Å²) >= 11 is 6.45. The van der Waals surface area contributed by atoms with E-state index in [9.17, 15) is 10.4 Å². The van der Waals surface area contributed by atoms with Gasteiger partial charge in [-0.25, -0.2) is 0 Å². The molecule has 0 saturated carbocycles. The van der Waals surface area contributed by atoms with Gasteiger partial charge in [0.25, 0.3) is 0 Å². The van der Waals surface area contributed by atoms with Crippen molar-refractivity contribution in [2.45, 2.75) is 25.8 Å². The summed E-state index contributed by atoms with van der Waals surface area (Å²) in [6, 6.07) is 3.83. The molecular formula is C16H16ClN3O3. The SMILES string of the molecule is N#Cc1c(O)c(CCCO)c(Cl)c2c1-c1ccnn1CCCO2. The van der Waals surface area contributed by atoms with Crippen molar-refractivity contribution < 1.29 is 14.9 Å². The molecule has 0 saturated heterocycles. The summed E-state index contributed by atoms with van der Waals surface area (Å²) in [6.45, 7) is 1.08. The number of phenols is 1. The largest absolute Gasteiger partial charge is 0.506 e. The third-order valence-electron chi connectivity index (χ3n) is 3.89. The average molecular weight is 334 g/mol. The Bertz CT molecular complexity index is 780. The number of aromatic nitrogens is 2. The van der Waals surface area contributed by atoms with Crippen molar-refractivity contribution >= 4 is 11.6 Å². The topological polar surface area (TPSA) is 91.3 Å². The molecule has 2 aromatic rings. The number of aliphatic hydroxyl groups is 1. The molecule has 23 heavy (non-hydrogen) atoms. The zero-order chi connectivity index (χ0) is 16.4. The highest BCUT2D eigenvalue weighted by molar-refractivity contribution is 6.33. The van der Waals surface area contributed by atoms with Crippen LogP contribution >= 0.6 is 11.6 Å². The van der Waals surface area contributed by atoms with E-state index in [0.29, 0.717) is 53.6 Å². The molecule has 6 nitrogen and oxygen atoms in total. The molecule has 0 atom stereocenters. The molecule has 1 aromatic carbocycles. The van der Waals surface area contributed by atoms with Crippen LogP contribution in [-0.4, -0.2) is 33.2 Å². The molecule has 2 N–H and O–H groups in total. The maximum atomic E-state index is 10.5. The third-order valence-corrected chi connectivity index (χ3v) is 4.29. The van der Waals surface area contributed by atoms with Crippen molar-refractivity contribution in [3.63, 3.8) is 0 Å². The normalized spacial score (nSPS) is 13.3. The predicted octanol–water partition coefficient (Wildman–Crippen LogP) is 2.49. The van der Waals surface area contributed by atoms with Crippen LogP contribution in [0.4, 0.5) is 0 Å². The molecule has 0 fully saturated rings. The first-order valence-corrected chi connectivity index (χ1v) is 7.80. The quantitative estimate of drug-likeness (QED) is 0.900. The van der Waals surface area contributed by atoms with E-state index in [-0.39, 0.29) is 17.9 Å². The van der Waals surface area contributed by atoms with Gasteiger partial charge >= 0.3 is 0 Å². The number of phenolic OH excluding ortho intramolecular Hbond substituents is 1. The van der Waals surface area contributed by atoms with Crippen LogP contribution in [0.2, 0.25) is 5.02 Å². The van der Waals surface area contributed by atoms with Gasteiger partial charge in [-0.05, 0) is 18.9 Å². The summed E-state index contributed by atoms with van der Waals surface area (Å²) in [5.41, 5.74) is 1.73. The molecule has 0 spiro atoms. The number of hydrogen-bond donors (Lipinski definition) is 2. The smallest absolute Gasteiger partial charge is 0.149 e. The highest BCUT2D eigenvalue weighted by Gasteiger charge is 2.27. The molecule has 1 aliphatic rings. The molecule has 0 bridgehead atoms. The fraction of sp³-hybridized carbons (Fsp3) is 0.375. The van der Waals surface area contributed by atoms with Crippen molar-refractivity contribution in [3.8, 4) is 28.8 Å². The van der Waals surface area contributed by atoms with Crippen molar-refractivity contribution in [1.82, 2.24) is 9.78 Å². The van der Waals surface area contributed by atoms with E-state index in [1.807, 2.05) is 0 Å². The Hall–Kier alpha value is -2.23. The van der Waals surface area contributed by atoms with E-state index in [4.69, 9.17) is 21.4 Å². The maximum Gasteiger partial charge on any atom is 0.149 e. The number of nitriles is 1. The molecule has 7 heteroatoms. The fourth-order valence-corrected chi connectivity index (χ4v) is 3.15. The van der Waals surface area contributed by atoms with Crippen LogP contribution < -0.4 is 4.74 Å². The molecule has 2 heterocycles. The molecule has 3 rings (SSSR count). The highest BCUT2D eigenvalue weighted by Crippen LogP contribution is 2.47. The second kappa shape index (κ2) is 6.49. The monoisotopic (exact) mass is 333 g/mol. The lowest BCUT2D eigenvalue weighted by molar-refractivity contribution is 0.286. The van der Waals surface area contributed by atoms with Crippen LogP contribution in [0.1, 0.15) is 24.0 Å². The van der Waals surface area contributed by atoms with Gasteiger partial charge in [-0.2, -0.15) is 10.4 Å². The minimum Gasteiger partial charge on any atom is -0.506 e. The predicted molar refractivity (Wildman–Crippen MR) is 84.6 cm³/mol. The van der Waals surface area contributed by atoms with Crippen molar-refractivity contribution in [2.24, 2.45) is 0 Å². The Labute approximate surface area is 138 Å². The van der Waals surface area contributed by atoms with Crippen molar-refractivity contribution in [3.05, 3.63) is 28.4 Å². The Morgan fingerprint density at radius 2 is 2.30 bits per heavy atom. The summed E-state index contributed by atoms with van der Waals surface area (Å²) in [7, 11) is 0. The first-order valence-electron chi connectivity index (χ1n) is 7.42. The zero-order valence-electron chi connectivity index (χ0n) is 12.4. The molecule has 1 aliphatic heterocycles. The molecule has 120 valence electrons. The van der Waals surface area contributed by atoms with Gasteiger partial charge in [-0.15, -0.1) is 0 Å². The van der Waals surface area contributed by atoms with Gasteiger partial charge in [0.2, 0.25) is 0 Å². The van der Waals surface area contributed by atoms with E-state index >= 15 is 0 Å². The minimum absolute atomic E-state index is 0.0254. The van der Waals surface area contributed by atoms with Gasteiger partial charge in [-0.1, -0.05) is 11.6 Å². The van der Waals surface area contributed by atoms with Crippen LogP contribution in [0.5, 0.6) is 11.5 Å². The number of nitrogens with zero attached hydrogens (tertiary/aromatic N) is 3. The number of hydrogen-bond acceptors (Lipinski definition) is 5. The third kappa shape index (κ3) is 2.62.